The third kappa shape index (κ3) is 11.2. The zero-order chi connectivity index (χ0) is 41.1. The fourth-order valence-electron chi connectivity index (χ4n) is 7.88. The molecule has 1 atom stereocenters. The molecule has 0 bridgehead atoms. The Morgan fingerprint density at radius 1 is 0.780 bits per heavy atom. The second kappa shape index (κ2) is 20.7. The zero-order valence-electron chi connectivity index (χ0n) is 33.6. The number of amides is 4. The molecule has 1 unspecified atom stereocenters. The van der Waals surface area contributed by atoms with Gasteiger partial charge in [0.15, 0.2) is 0 Å². The molecule has 17 heteroatoms. The number of benzene rings is 1. The van der Waals surface area contributed by atoms with E-state index in [4.69, 9.17) is 35.5 Å². The number of pyridine rings is 1. The van der Waals surface area contributed by atoms with Crippen molar-refractivity contribution in [3.63, 3.8) is 0 Å². The first-order chi connectivity index (χ1) is 28.8. The van der Waals surface area contributed by atoms with E-state index in [1.165, 1.54) is 18.5 Å². The van der Waals surface area contributed by atoms with Gasteiger partial charge in [0.2, 0.25) is 11.8 Å². The third-order valence-corrected chi connectivity index (χ3v) is 11.6. The van der Waals surface area contributed by atoms with E-state index in [2.05, 4.69) is 26.4 Å². The lowest BCUT2D eigenvalue weighted by atomic mass is 9.91. The molecule has 2 aliphatic carbocycles. The summed E-state index contributed by atoms with van der Waals surface area (Å²) in [7, 11) is 2.00. The summed E-state index contributed by atoms with van der Waals surface area (Å²) in [6.07, 6.45) is 9.97. The first kappa shape index (κ1) is 42.7. The monoisotopic (exact) mass is 834 g/mol. The van der Waals surface area contributed by atoms with E-state index < -0.39 is 29.7 Å². The van der Waals surface area contributed by atoms with Gasteiger partial charge in [-0.25, -0.2) is 4.98 Å². The van der Waals surface area contributed by atoms with Crippen LogP contribution in [0.2, 0.25) is 5.02 Å². The normalized spacial score (nSPS) is 20.6. The smallest absolute Gasteiger partial charge is 0.264 e. The van der Waals surface area contributed by atoms with Crippen LogP contribution in [0.5, 0.6) is 0 Å². The number of nitrogens with zero attached hydrogens (tertiary/aromatic N) is 4. The van der Waals surface area contributed by atoms with Crippen LogP contribution in [0, 0.1) is 5.92 Å². The van der Waals surface area contributed by atoms with Crippen LogP contribution < -0.4 is 21.3 Å². The van der Waals surface area contributed by atoms with E-state index in [-0.39, 0.29) is 24.0 Å². The SMILES string of the molecule is Cn1ncc(-c2nc(NC3CCC(NCCOCCOCCOCCOCCNc4cccc5c4C(=O)N(C4CCC(=O)NC4=O)C5=O)CC3)ccc2Cl)c1CC1CC1. The third-order valence-electron chi connectivity index (χ3n) is 11.2. The van der Waals surface area contributed by atoms with Gasteiger partial charge in [0.25, 0.3) is 11.8 Å². The molecule has 2 aliphatic heterocycles. The van der Waals surface area contributed by atoms with Gasteiger partial charge in [0, 0.05) is 55.6 Å². The van der Waals surface area contributed by atoms with Crippen molar-refractivity contribution in [3.05, 3.63) is 58.4 Å². The highest BCUT2D eigenvalue weighted by Crippen LogP contribution is 2.37. The summed E-state index contributed by atoms with van der Waals surface area (Å²) in [5, 5.41) is 17.8. The Bertz CT molecular complexity index is 1950. The van der Waals surface area contributed by atoms with Crippen molar-refractivity contribution in [2.45, 2.75) is 75.9 Å². The van der Waals surface area contributed by atoms with Gasteiger partial charge in [-0.05, 0) is 81.5 Å². The van der Waals surface area contributed by atoms with Crippen LogP contribution in [0.15, 0.2) is 36.5 Å². The number of halogens is 1. The number of aryl methyl sites for hydroxylation is 1. The second-order valence-corrected chi connectivity index (χ2v) is 15.9. The lowest BCUT2D eigenvalue weighted by molar-refractivity contribution is -0.136. The first-order valence-electron chi connectivity index (χ1n) is 20.8. The van der Waals surface area contributed by atoms with E-state index >= 15 is 0 Å². The Hall–Kier alpha value is -4.45. The van der Waals surface area contributed by atoms with Gasteiger partial charge >= 0.3 is 0 Å². The minimum atomic E-state index is -1.01. The van der Waals surface area contributed by atoms with E-state index in [1.807, 2.05) is 30.1 Å². The van der Waals surface area contributed by atoms with Crippen molar-refractivity contribution >= 4 is 46.7 Å². The van der Waals surface area contributed by atoms with E-state index in [0.29, 0.717) is 82.2 Å². The van der Waals surface area contributed by atoms with Crippen LogP contribution in [0.1, 0.15) is 77.8 Å². The van der Waals surface area contributed by atoms with Crippen LogP contribution >= 0.6 is 11.6 Å². The number of nitrogens with one attached hydrogen (secondary N) is 4. The number of hydrogen-bond donors (Lipinski definition) is 4. The molecule has 1 saturated heterocycles. The Morgan fingerprint density at radius 3 is 2.15 bits per heavy atom. The molecule has 7 rings (SSSR count). The number of fused-ring (bicyclic) bond motifs is 1. The Balaban J connectivity index is 0.674. The maximum atomic E-state index is 13.2. The summed E-state index contributed by atoms with van der Waals surface area (Å²) in [6.45, 7) is 4.88. The summed E-state index contributed by atoms with van der Waals surface area (Å²) >= 11 is 6.62. The van der Waals surface area contributed by atoms with Gasteiger partial charge in [-0.15, -0.1) is 0 Å². The molecular formula is C42H55ClN8O8. The molecule has 4 N–H and O–H groups in total. The minimum Gasteiger partial charge on any atom is -0.382 e. The number of hydrogen-bond acceptors (Lipinski definition) is 13. The number of anilines is 2. The van der Waals surface area contributed by atoms with E-state index in [0.717, 1.165) is 66.5 Å². The highest BCUT2D eigenvalue weighted by Gasteiger charge is 2.45. The van der Waals surface area contributed by atoms with E-state index in [1.54, 1.807) is 18.2 Å². The van der Waals surface area contributed by atoms with Crippen LogP contribution in [-0.4, -0.2) is 127 Å². The molecule has 16 nitrogen and oxygen atoms in total. The molecule has 2 aromatic heterocycles. The van der Waals surface area contributed by atoms with Gasteiger partial charge in [0.1, 0.15) is 11.9 Å². The number of carbonyl (C=O) groups excluding carboxylic acids is 4. The van der Waals surface area contributed by atoms with Crippen LogP contribution in [-0.2, 0) is 42.0 Å². The molecule has 59 heavy (non-hydrogen) atoms. The summed E-state index contributed by atoms with van der Waals surface area (Å²) in [4.78, 5) is 56.0. The molecule has 0 spiro atoms. The predicted molar refractivity (Wildman–Crippen MR) is 220 cm³/mol. The van der Waals surface area contributed by atoms with Gasteiger partial charge in [0.05, 0.1) is 80.9 Å². The Kier molecular flexibility index (Phi) is 15.0. The maximum absolute atomic E-state index is 13.2. The van der Waals surface area contributed by atoms with Crippen molar-refractivity contribution in [3.8, 4) is 11.3 Å². The second-order valence-electron chi connectivity index (χ2n) is 15.5. The Labute approximate surface area is 349 Å². The van der Waals surface area contributed by atoms with Crippen LogP contribution in [0.4, 0.5) is 11.5 Å². The number of imide groups is 2. The van der Waals surface area contributed by atoms with Crippen molar-refractivity contribution in [2.75, 3.05) is 76.6 Å². The number of aromatic nitrogens is 3. The fraction of sp³-hybridized carbons (Fsp3) is 0.571. The summed E-state index contributed by atoms with van der Waals surface area (Å²) in [5.41, 5.74) is 3.98. The number of rotatable bonds is 23. The number of ether oxygens (including phenoxy) is 4. The summed E-state index contributed by atoms with van der Waals surface area (Å²) < 4.78 is 24.6. The molecule has 4 amide bonds. The molecule has 2 saturated carbocycles. The summed E-state index contributed by atoms with van der Waals surface area (Å²) in [6, 6.07) is 8.69. The molecule has 318 valence electrons. The van der Waals surface area contributed by atoms with Crippen LogP contribution in [0.3, 0.4) is 0 Å². The molecule has 4 heterocycles. The lowest BCUT2D eigenvalue weighted by Crippen LogP contribution is -2.54. The largest absolute Gasteiger partial charge is 0.382 e. The molecular weight excluding hydrogens is 780 g/mol. The van der Waals surface area contributed by atoms with Crippen molar-refractivity contribution in [1.29, 1.82) is 0 Å². The van der Waals surface area contributed by atoms with E-state index in [9.17, 15) is 19.2 Å². The first-order valence-corrected chi connectivity index (χ1v) is 21.2. The van der Waals surface area contributed by atoms with Gasteiger partial charge in [-0.2, -0.15) is 5.10 Å². The molecule has 1 aromatic carbocycles. The van der Waals surface area contributed by atoms with Gasteiger partial charge in [-0.3, -0.25) is 34.1 Å². The van der Waals surface area contributed by atoms with Crippen molar-refractivity contribution in [2.24, 2.45) is 13.0 Å². The van der Waals surface area contributed by atoms with Gasteiger partial charge in [-0.1, -0.05) is 17.7 Å². The Morgan fingerprint density at radius 2 is 1.46 bits per heavy atom. The zero-order valence-corrected chi connectivity index (χ0v) is 34.4. The predicted octanol–water partition coefficient (Wildman–Crippen LogP) is 3.98. The fourth-order valence-corrected chi connectivity index (χ4v) is 8.08. The average molecular weight is 835 g/mol. The summed E-state index contributed by atoms with van der Waals surface area (Å²) in [5.74, 6) is -0.536. The van der Waals surface area contributed by atoms with Crippen LogP contribution in [0.25, 0.3) is 11.3 Å². The standard InChI is InChI=1S/C42H55ClN8O8/c1-50-35(25-27-5-6-27)31(26-46-50)39-32(43)11-13-36(48-39)47-29-9-7-28(8-10-29)44-15-17-56-19-21-58-23-24-59-22-20-57-18-16-45-33-4-2-3-30-38(33)42(55)51(41(30)54)34-12-14-37(52)49-40(34)53/h2-4,11,13,26-29,34,44-45H,5-10,12,14-25H2,1H3,(H,47,48)(H,49,52,53). The number of carbonyl (C=O) groups is 4. The lowest BCUT2D eigenvalue weighted by Gasteiger charge is -2.30. The highest BCUT2D eigenvalue weighted by molar-refractivity contribution is 6.33. The minimum absolute atomic E-state index is 0.0702. The molecule has 3 fully saturated rings. The van der Waals surface area contributed by atoms with Gasteiger partial charge < -0.3 is 34.9 Å². The number of piperidine rings is 1. The maximum Gasteiger partial charge on any atom is 0.264 e. The molecule has 3 aromatic rings. The quantitative estimate of drug-likeness (QED) is 0.0795. The van der Waals surface area contributed by atoms with Crippen molar-refractivity contribution in [1.82, 2.24) is 30.3 Å². The highest BCUT2D eigenvalue weighted by atomic mass is 35.5. The van der Waals surface area contributed by atoms with Crippen molar-refractivity contribution < 1.29 is 38.1 Å². The average Bonchev–Trinajstić information content (AvgIpc) is 3.93. The molecule has 4 aliphatic rings. The topological polar surface area (TPSA) is 187 Å². The molecule has 0 radical (unpaired) electrons.